The second kappa shape index (κ2) is 5.99. The third-order valence-corrected chi connectivity index (χ3v) is 4.71. The first-order valence-electron chi connectivity index (χ1n) is 6.49. The van der Waals surface area contributed by atoms with Crippen LogP contribution in [0.25, 0.3) is 0 Å². The first-order chi connectivity index (χ1) is 9.26. The first-order valence-corrected chi connectivity index (χ1v) is 9.34. The van der Waals surface area contributed by atoms with Gasteiger partial charge < -0.3 is 9.64 Å². The Balaban J connectivity index is 2.32. The summed E-state index contributed by atoms with van der Waals surface area (Å²) < 4.78 is 29.2. The van der Waals surface area contributed by atoms with E-state index in [1.54, 1.807) is 6.07 Å². The van der Waals surface area contributed by atoms with Crippen molar-refractivity contribution in [3.8, 4) is 0 Å². The standard InChI is InChI=1S/C13H19BrN2O3S/c1-9-10(2)19-5-4-16(9)13-7-11(6-12(14)15-13)8-20(3,17)18/h6-7,9-10H,4-5,8H2,1-3H3/t9-,10-/m1/s1. The van der Waals surface area contributed by atoms with Crippen molar-refractivity contribution in [1.82, 2.24) is 4.98 Å². The van der Waals surface area contributed by atoms with Crippen LogP contribution >= 0.6 is 15.9 Å². The number of sulfone groups is 1. The van der Waals surface area contributed by atoms with Crippen molar-refractivity contribution in [2.45, 2.75) is 31.7 Å². The second-order valence-electron chi connectivity index (χ2n) is 5.24. The highest BCUT2D eigenvalue weighted by Gasteiger charge is 2.26. The number of nitrogens with zero attached hydrogens (tertiary/aromatic N) is 2. The van der Waals surface area contributed by atoms with E-state index in [-0.39, 0.29) is 17.9 Å². The van der Waals surface area contributed by atoms with Crippen LogP contribution in [0.3, 0.4) is 0 Å². The Morgan fingerprint density at radius 1 is 1.45 bits per heavy atom. The van der Waals surface area contributed by atoms with Crippen LogP contribution < -0.4 is 4.90 Å². The summed E-state index contributed by atoms with van der Waals surface area (Å²) in [6.07, 6.45) is 1.36. The molecule has 20 heavy (non-hydrogen) atoms. The Labute approximate surface area is 128 Å². The molecule has 1 aromatic heterocycles. The molecular formula is C13H19BrN2O3S. The largest absolute Gasteiger partial charge is 0.375 e. The molecular weight excluding hydrogens is 344 g/mol. The van der Waals surface area contributed by atoms with Gasteiger partial charge in [0.2, 0.25) is 0 Å². The monoisotopic (exact) mass is 362 g/mol. The third kappa shape index (κ3) is 3.93. The molecule has 0 saturated carbocycles. The molecule has 1 fully saturated rings. The van der Waals surface area contributed by atoms with E-state index in [1.807, 2.05) is 13.0 Å². The minimum absolute atomic E-state index is 0.0232. The van der Waals surface area contributed by atoms with E-state index >= 15 is 0 Å². The molecule has 0 N–H and O–H groups in total. The maximum atomic E-state index is 11.4. The van der Waals surface area contributed by atoms with Gasteiger partial charge in [-0.15, -0.1) is 0 Å². The summed E-state index contributed by atoms with van der Waals surface area (Å²) in [4.78, 5) is 6.62. The summed E-state index contributed by atoms with van der Waals surface area (Å²) in [6.45, 7) is 5.53. The van der Waals surface area contributed by atoms with Gasteiger partial charge in [0.15, 0.2) is 9.84 Å². The molecule has 0 aliphatic carbocycles. The number of morpholine rings is 1. The lowest BCUT2D eigenvalue weighted by molar-refractivity contribution is 0.0281. The number of rotatable bonds is 3. The molecule has 0 amide bonds. The molecule has 7 heteroatoms. The van der Waals surface area contributed by atoms with Crippen LogP contribution in [0.1, 0.15) is 19.4 Å². The third-order valence-electron chi connectivity index (χ3n) is 3.45. The van der Waals surface area contributed by atoms with Gasteiger partial charge in [0.25, 0.3) is 0 Å². The quantitative estimate of drug-likeness (QED) is 0.769. The molecule has 1 aliphatic heterocycles. The average molecular weight is 363 g/mol. The van der Waals surface area contributed by atoms with Crippen molar-refractivity contribution in [3.05, 3.63) is 22.3 Å². The van der Waals surface area contributed by atoms with Crippen molar-refractivity contribution in [3.63, 3.8) is 0 Å². The number of halogens is 1. The zero-order chi connectivity index (χ0) is 14.9. The van der Waals surface area contributed by atoms with Crippen LogP contribution in [0.2, 0.25) is 0 Å². The van der Waals surface area contributed by atoms with Crippen LogP contribution in [0.5, 0.6) is 0 Å². The van der Waals surface area contributed by atoms with E-state index < -0.39 is 9.84 Å². The Hall–Kier alpha value is -0.660. The lowest BCUT2D eigenvalue weighted by Crippen LogP contribution is -2.49. The number of aromatic nitrogens is 1. The normalized spacial score (nSPS) is 23.9. The number of pyridine rings is 1. The highest BCUT2D eigenvalue weighted by atomic mass is 79.9. The predicted octanol–water partition coefficient (Wildman–Crippen LogP) is 2.00. The fraction of sp³-hybridized carbons (Fsp3) is 0.615. The van der Waals surface area contributed by atoms with Gasteiger partial charge in [0.1, 0.15) is 10.4 Å². The van der Waals surface area contributed by atoms with Crippen LogP contribution in [-0.2, 0) is 20.3 Å². The van der Waals surface area contributed by atoms with E-state index in [2.05, 4.69) is 32.7 Å². The van der Waals surface area contributed by atoms with Crippen molar-refractivity contribution >= 4 is 31.6 Å². The molecule has 112 valence electrons. The highest BCUT2D eigenvalue weighted by molar-refractivity contribution is 9.10. The van der Waals surface area contributed by atoms with Crippen LogP contribution in [-0.4, -0.2) is 45.0 Å². The Bertz CT molecular complexity index is 591. The molecule has 0 unspecified atom stereocenters. The smallest absolute Gasteiger partial charge is 0.151 e. The number of hydrogen-bond donors (Lipinski definition) is 0. The van der Waals surface area contributed by atoms with Crippen molar-refractivity contribution in [1.29, 1.82) is 0 Å². The number of hydrogen-bond acceptors (Lipinski definition) is 5. The van der Waals surface area contributed by atoms with E-state index in [4.69, 9.17) is 4.74 Å². The average Bonchev–Trinajstić information content (AvgIpc) is 2.29. The van der Waals surface area contributed by atoms with Crippen molar-refractivity contribution < 1.29 is 13.2 Å². The van der Waals surface area contributed by atoms with Gasteiger partial charge in [-0.3, -0.25) is 0 Å². The Kier molecular flexibility index (Phi) is 4.71. The SMILES string of the molecule is C[C@@H]1[C@@H](C)OCCN1c1cc(CS(C)(=O)=O)cc(Br)n1. The molecule has 2 heterocycles. The fourth-order valence-electron chi connectivity index (χ4n) is 2.32. The maximum Gasteiger partial charge on any atom is 0.151 e. The zero-order valence-corrected chi connectivity index (χ0v) is 14.2. The second-order valence-corrected chi connectivity index (χ2v) is 8.19. The summed E-state index contributed by atoms with van der Waals surface area (Å²) in [5, 5.41) is 0. The maximum absolute atomic E-state index is 11.4. The molecule has 1 saturated heterocycles. The lowest BCUT2D eigenvalue weighted by Gasteiger charge is -2.38. The molecule has 2 rings (SSSR count). The first kappa shape index (κ1) is 15.7. The van der Waals surface area contributed by atoms with Gasteiger partial charge in [0.05, 0.1) is 24.5 Å². The van der Waals surface area contributed by atoms with E-state index in [0.717, 1.165) is 17.9 Å². The zero-order valence-electron chi connectivity index (χ0n) is 11.8. The van der Waals surface area contributed by atoms with Crippen LogP contribution in [0.15, 0.2) is 16.7 Å². The number of anilines is 1. The molecule has 0 radical (unpaired) electrons. The van der Waals surface area contributed by atoms with Gasteiger partial charge in [-0.05, 0) is 47.5 Å². The lowest BCUT2D eigenvalue weighted by atomic mass is 10.1. The van der Waals surface area contributed by atoms with Crippen molar-refractivity contribution in [2.75, 3.05) is 24.3 Å². The van der Waals surface area contributed by atoms with E-state index in [0.29, 0.717) is 11.2 Å². The minimum atomic E-state index is -3.06. The van der Waals surface area contributed by atoms with Crippen molar-refractivity contribution in [2.24, 2.45) is 0 Å². The summed E-state index contributed by atoms with van der Waals surface area (Å²) in [5.74, 6) is 0.816. The Morgan fingerprint density at radius 2 is 2.15 bits per heavy atom. The summed E-state index contributed by atoms with van der Waals surface area (Å²) >= 11 is 3.36. The molecule has 0 bridgehead atoms. The highest BCUT2D eigenvalue weighted by Crippen LogP contribution is 2.25. The fourth-order valence-corrected chi connectivity index (χ4v) is 3.57. The van der Waals surface area contributed by atoms with Gasteiger partial charge in [0, 0.05) is 12.8 Å². The predicted molar refractivity (Wildman–Crippen MR) is 82.7 cm³/mol. The van der Waals surface area contributed by atoms with E-state index in [9.17, 15) is 8.42 Å². The van der Waals surface area contributed by atoms with E-state index in [1.165, 1.54) is 6.26 Å². The molecule has 1 aromatic rings. The number of ether oxygens (including phenoxy) is 1. The van der Waals surface area contributed by atoms with Gasteiger partial charge in [-0.25, -0.2) is 13.4 Å². The van der Waals surface area contributed by atoms with Crippen LogP contribution in [0.4, 0.5) is 5.82 Å². The molecule has 0 spiro atoms. The topological polar surface area (TPSA) is 59.5 Å². The van der Waals surface area contributed by atoms with Crippen LogP contribution in [0, 0.1) is 0 Å². The molecule has 5 nitrogen and oxygen atoms in total. The van der Waals surface area contributed by atoms with Gasteiger partial charge in [-0.1, -0.05) is 0 Å². The molecule has 0 aromatic carbocycles. The summed E-state index contributed by atoms with van der Waals surface area (Å²) in [6, 6.07) is 3.80. The summed E-state index contributed by atoms with van der Waals surface area (Å²) in [5.41, 5.74) is 0.746. The molecule has 1 aliphatic rings. The van der Waals surface area contributed by atoms with Gasteiger partial charge >= 0.3 is 0 Å². The van der Waals surface area contributed by atoms with Gasteiger partial charge in [-0.2, -0.15) is 0 Å². The summed E-state index contributed by atoms with van der Waals surface area (Å²) in [7, 11) is -3.06. The molecule has 2 atom stereocenters. The Morgan fingerprint density at radius 3 is 2.80 bits per heavy atom. The minimum Gasteiger partial charge on any atom is -0.375 e.